The maximum absolute atomic E-state index is 13.5. The first kappa shape index (κ1) is 16.5. The van der Waals surface area contributed by atoms with Crippen LogP contribution in [0.4, 0.5) is 18.9 Å². The first-order valence-electron chi connectivity index (χ1n) is 6.67. The van der Waals surface area contributed by atoms with Gasteiger partial charge in [-0.3, -0.25) is 4.79 Å². The lowest BCUT2D eigenvalue weighted by Gasteiger charge is -2.11. The number of amides is 1. The molecule has 0 saturated heterocycles. The van der Waals surface area contributed by atoms with Gasteiger partial charge < -0.3 is 10.2 Å². The van der Waals surface area contributed by atoms with Gasteiger partial charge in [0.1, 0.15) is 0 Å². The van der Waals surface area contributed by atoms with E-state index in [4.69, 9.17) is 4.84 Å². The summed E-state index contributed by atoms with van der Waals surface area (Å²) in [7, 11) is 0. The number of carbonyl (C=O) groups is 1. The average molecular weight is 322 g/mol. The van der Waals surface area contributed by atoms with Gasteiger partial charge in [0.05, 0.1) is 11.9 Å². The highest BCUT2D eigenvalue weighted by Crippen LogP contribution is 2.19. The van der Waals surface area contributed by atoms with Crippen molar-refractivity contribution >= 4 is 17.8 Å². The van der Waals surface area contributed by atoms with Crippen molar-refractivity contribution in [2.75, 3.05) is 5.32 Å². The maximum Gasteiger partial charge on any atom is 0.268 e. The van der Waals surface area contributed by atoms with Crippen LogP contribution < -0.4 is 5.32 Å². The summed E-state index contributed by atoms with van der Waals surface area (Å²) in [5, 5.41) is 5.75. The molecule has 1 amide bonds. The normalized spacial score (nSPS) is 12.2. The van der Waals surface area contributed by atoms with Crippen LogP contribution in [0.15, 0.2) is 47.6 Å². The summed E-state index contributed by atoms with van der Waals surface area (Å²) in [4.78, 5) is 16.8. The number of rotatable bonds is 5. The average Bonchev–Trinajstić information content (AvgIpc) is 2.56. The minimum Gasteiger partial charge on any atom is -0.383 e. The van der Waals surface area contributed by atoms with Gasteiger partial charge in [-0.25, -0.2) is 13.2 Å². The van der Waals surface area contributed by atoms with Gasteiger partial charge in [-0.05, 0) is 24.6 Å². The van der Waals surface area contributed by atoms with E-state index in [2.05, 4.69) is 10.5 Å². The predicted molar refractivity (Wildman–Crippen MR) is 79.5 cm³/mol. The smallest absolute Gasteiger partial charge is 0.268 e. The van der Waals surface area contributed by atoms with Crippen LogP contribution in [0.1, 0.15) is 12.5 Å². The molecule has 0 radical (unpaired) electrons. The molecule has 0 aliphatic carbocycles. The van der Waals surface area contributed by atoms with Crippen molar-refractivity contribution in [3.8, 4) is 0 Å². The fourth-order valence-electron chi connectivity index (χ4n) is 1.63. The molecule has 0 aromatic heterocycles. The minimum atomic E-state index is -1.65. The first-order valence-corrected chi connectivity index (χ1v) is 6.67. The summed E-state index contributed by atoms with van der Waals surface area (Å²) in [6.45, 7) is 1.38. The van der Waals surface area contributed by atoms with Crippen molar-refractivity contribution < 1.29 is 22.8 Å². The van der Waals surface area contributed by atoms with E-state index < -0.39 is 35.2 Å². The Morgan fingerprint density at radius 3 is 2.52 bits per heavy atom. The summed E-state index contributed by atoms with van der Waals surface area (Å²) in [5.74, 6) is -5.21. The minimum absolute atomic E-state index is 0.476. The second kappa shape index (κ2) is 7.44. The number of carbonyl (C=O) groups excluding carboxylic acids is 1. The maximum atomic E-state index is 13.5. The number of anilines is 1. The predicted octanol–water partition coefficient (Wildman–Crippen LogP) is 3.48. The van der Waals surface area contributed by atoms with Gasteiger partial charge in [0.25, 0.3) is 5.91 Å². The molecule has 2 rings (SSSR count). The Morgan fingerprint density at radius 2 is 1.83 bits per heavy atom. The van der Waals surface area contributed by atoms with Crippen molar-refractivity contribution in [1.29, 1.82) is 0 Å². The van der Waals surface area contributed by atoms with E-state index in [0.29, 0.717) is 6.07 Å². The highest BCUT2D eigenvalue weighted by atomic mass is 19.2. The number of hydrogen-bond donors (Lipinski definition) is 1. The Balaban J connectivity index is 1.95. The monoisotopic (exact) mass is 322 g/mol. The van der Waals surface area contributed by atoms with Crippen molar-refractivity contribution in [3.05, 3.63) is 65.5 Å². The summed E-state index contributed by atoms with van der Waals surface area (Å²) in [6, 6.07) is 10.7. The number of oxime groups is 1. The molecular formula is C16H13F3N2O2. The highest BCUT2D eigenvalue weighted by Gasteiger charge is 2.19. The quantitative estimate of drug-likeness (QED) is 0.520. The van der Waals surface area contributed by atoms with Gasteiger partial charge in [-0.1, -0.05) is 35.5 Å². The molecule has 0 spiro atoms. The van der Waals surface area contributed by atoms with Gasteiger partial charge in [0, 0.05) is 0 Å². The summed E-state index contributed by atoms with van der Waals surface area (Å²) in [5.41, 5.74) is 0.295. The molecular weight excluding hydrogens is 309 g/mol. The summed E-state index contributed by atoms with van der Waals surface area (Å²) >= 11 is 0. The number of halogens is 3. The third-order valence-electron chi connectivity index (χ3n) is 2.88. The lowest BCUT2D eigenvalue weighted by atomic mass is 10.2. The van der Waals surface area contributed by atoms with Crippen molar-refractivity contribution in [1.82, 2.24) is 0 Å². The zero-order chi connectivity index (χ0) is 16.8. The van der Waals surface area contributed by atoms with Gasteiger partial charge in [-0.15, -0.1) is 0 Å². The molecule has 7 heteroatoms. The largest absolute Gasteiger partial charge is 0.383 e. The molecule has 1 unspecified atom stereocenters. The van der Waals surface area contributed by atoms with Crippen LogP contribution in [0.3, 0.4) is 0 Å². The van der Waals surface area contributed by atoms with Crippen LogP contribution in [0.2, 0.25) is 0 Å². The molecule has 4 nitrogen and oxygen atoms in total. The highest BCUT2D eigenvalue weighted by molar-refractivity contribution is 5.94. The zero-order valence-electron chi connectivity index (χ0n) is 12.1. The van der Waals surface area contributed by atoms with E-state index in [9.17, 15) is 18.0 Å². The lowest BCUT2D eigenvalue weighted by molar-refractivity contribution is -0.126. The van der Waals surface area contributed by atoms with E-state index in [1.807, 2.05) is 18.2 Å². The van der Waals surface area contributed by atoms with Crippen LogP contribution in [-0.2, 0) is 9.63 Å². The molecule has 23 heavy (non-hydrogen) atoms. The SMILES string of the molecule is CC(O/N=C/c1ccccc1)C(=O)Nc1ccc(F)c(F)c1F. The lowest BCUT2D eigenvalue weighted by Crippen LogP contribution is -2.27. The van der Waals surface area contributed by atoms with Crippen molar-refractivity contribution in [2.45, 2.75) is 13.0 Å². The van der Waals surface area contributed by atoms with Crippen LogP contribution in [0.5, 0.6) is 0 Å². The van der Waals surface area contributed by atoms with Crippen LogP contribution in [0.25, 0.3) is 0 Å². The van der Waals surface area contributed by atoms with Gasteiger partial charge in [-0.2, -0.15) is 0 Å². The Bertz CT molecular complexity index is 721. The third kappa shape index (κ3) is 4.32. The van der Waals surface area contributed by atoms with E-state index >= 15 is 0 Å². The van der Waals surface area contributed by atoms with Crippen molar-refractivity contribution in [3.63, 3.8) is 0 Å². The first-order chi connectivity index (χ1) is 11.0. The topological polar surface area (TPSA) is 50.7 Å². The zero-order valence-corrected chi connectivity index (χ0v) is 12.1. The van der Waals surface area contributed by atoms with E-state index in [-0.39, 0.29) is 0 Å². The Morgan fingerprint density at radius 1 is 1.13 bits per heavy atom. The summed E-state index contributed by atoms with van der Waals surface area (Å²) < 4.78 is 39.3. The molecule has 120 valence electrons. The van der Waals surface area contributed by atoms with Crippen LogP contribution in [-0.4, -0.2) is 18.2 Å². The van der Waals surface area contributed by atoms with Crippen molar-refractivity contribution in [2.24, 2.45) is 5.16 Å². The molecule has 2 aromatic rings. The number of nitrogens with zero attached hydrogens (tertiary/aromatic N) is 1. The van der Waals surface area contributed by atoms with E-state index in [1.54, 1.807) is 12.1 Å². The van der Waals surface area contributed by atoms with Gasteiger partial charge in [0.2, 0.25) is 6.10 Å². The molecule has 1 atom stereocenters. The number of benzene rings is 2. The van der Waals surface area contributed by atoms with Gasteiger partial charge >= 0.3 is 0 Å². The molecule has 1 N–H and O–H groups in total. The molecule has 0 heterocycles. The second-order valence-electron chi connectivity index (χ2n) is 4.60. The molecule has 0 fully saturated rings. The Labute approximate surface area is 130 Å². The molecule has 0 saturated carbocycles. The molecule has 0 aliphatic heterocycles. The van der Waals surface area contributed by atoms with Gasteiger partial charge in [0.15, 0.2) is 17.5 Å². The molecule has 0 aliphatic rings. The Hall–Kier alpha value is -2.83. The number of nitrogens with one attached hydrogen (secondary N) is 1. The Kier molecular flexibility index (Phi) is 5.35. The third-order valence-corrected chi connectivity index (χ3v) is 2.88. The molecule has 2 aromatic carbocycles. The second-order valence-corrected chi connectivity index (χ2v) is 4.60. The van der Waals surface area contributed by atoms with Crippen LogP contribution >= 0.6 is 0 Å². The fraction of sp³-hybridized carbons (Fsp3) is 0.125. The fourth-order valence-corrected chi connectivity index (χ4v) is 1.63. The number of hydrogen-bond acceptors (Lipinski definition) is 3. The van der Waals surface area contributed by atoms with E-state index in [0.717, 1.165) is 11.6 Å². The standard InChI is InChI=1S/C16H13F3N2O2/c1-10(23-20-9-11-5-3-2-4-6-11)16(22)21-13-8-7-12(17)14(18)15(13)19/h2-10H,1H3,(H,21,22)/b20-9+. The van der Waals surface area contributed by atoms with Crippen LogP contribution in [0, 0.1) is 17.5 Å². The van der Waals surface area contributed by atoms with E-state index in [1.165, 1.54) is 13.1 Å². The molecule has 0 bridgehead atoms. The summed E-state index contributed by atoms with van der Waals surface area (Å²) in [6.07, 6.45) is 0.351.